The van der Waals surface area contributed by atoms with E-state index in [1.165, 1.54) is 12.8 Å². The van der Waals surface area contributed by atoms with Crippen LogP contribution >= 0.6 is 0 Å². The fourth-order valence-corrected chi connectivity index (χ4v) is 1.74. The van der Waals surface area contributed by atoms with Gasteiger partial charge in [-0.05, 0) is 38.3 Å². The van der Waals surface area contributed by atoms with Crippen molar-refractivity contribution in [3.05, 3.63) is 0 Å². The van der Waals surface area contributed by atoms with E-state index < -0.39 is 0 Å². The molecule has 0 saturated heterocycles. The van der Waals surface area contributed by atoms with E-state index in [2.05, 4.69) is 39.6 Å². The van der Waals surface area contributed by atoms with Gasteiger partial charge in [-0.25, -0.2) is 0 Å². The Labute approximate surface area is 114 Å². The lowest BCUT2D eigenvalue weighted by molar-refractivity contribution is 0.0379. The van der Waals surface area contributed by atoms with Crippen LogP contribution < -0.4 is 0 Å². The summed E-state index contributed by atoms with van der Waals surface area (Å²) in [5.74, 6) is 0. The van der Waals surface area contributed by atoms with Gasteiger partial charge in [0.25, 0.3) is 0 Å². The number of nitrogens with zero attached hydrogens (tertiary/aromatic N) is 1. The Balaban J connectivity index is 3.12. The molecular weight excluding hydrogens is 226 g/mol. The van der Waals surface area contributed by atoms with Gasteiger partial charge in [0.15, 0.2) is 0 Å². The Hall–Kier alpha value is -0.120. The molecule has 0 aromatic heterocycles. The second-order valence-electron chi connectivity index (χ2n) is 6.19. The van der Waals surface area contributed by atoms with E-state index >= 15 is 0 Å². The average Bonchev–Trinajstić information content (AvgIpc) is 2.25. The van der Waals surface area contributed by atoms with E-state index in [0.717, 1.165) is 45.9 Å². The molecule has 3 nitrogen and oxygen atoms in total. The van der Waals surface area contributed by atoms with E-state index in [4.69, 9.17) is 9.47 Å². The Bertz CT molecular complexity index is 178. The van der Waals surface area contributed by atoms with Gasteiger partial charge in [0.05, 0.1) is 19.8 Å². The van der Waals surface area contributed by atoms with Gasteiger partial charge in [-0.3, -0.25) is 0 Å². The standard InChI is InChI=1S/C15H33NO2/c1-6-9-16(5)10-12-18-14-13-17-11-7-8-15(2,3)4/h6-14H2,1-5H3. The van der Waals surface area contributed by atoms with Gasteiger partial charge >= 0.3 is 0 Å². The van der Waals surface area contributed by atoms with Crippen molar-refractivity contribution in [2.24, 2.45) is 5.41 Å². The first kappa shape index (κ1) is 17.9. The minimum absolute atomic E-state index is 0.420. The minimum Gasteiger partial charge on any atom is -0.379 e. The molecule has 0 atom stereocenters. The van der Waals surface area contributed by atoms with Crippen LogP contribution in [0.1, 0.15) is 47.0 Å². The Kier molecular flexibility index (Phi) is 10.7. The van der Waals surface area contributed by atoms with Crippen molar-refractivity contribution in [2.45, 2.75) is 47.0 Å². The number of ether oxygens (including phenoxy) is 2. The molecule has 0 bridgehead atoms. The zero-order chi connectivity index (χ0) is 13.9. The van der Waals surface area contributed by atoms with Crippen LogP contribution in [0.25, 0.3) is 0 Å². The van der Waals surface area contributed by atoms with Gasteiger partial charge in [0, 0.05) is 13.2 Å². The van der Waals surface area contributed by atoms with Crippen LogP contribution in [-0.4, -0.2) is 51.5 Å². The first-order valence-electron chi connectivity index (χ1n) is 7.30. The highest BCUT2D eigenvalue weighted by Crippen LogP contribution is 2.20. The van der Waals surface area contributed by atoms with Gasteiger partial charge in [-0.15, -0.1) is 0 Å². The van der Waals surface area contributed by atoms with Gasteiger partial charge in [-0.2, -0.15) is 0 Å². The molecule has 0 heterocycles. The van der Waals surface area contributed by atoms with Crippen LogP contribution in [0.15, 0.2) is 0 Å². The SMILES string of the molecule is CCCN(C)CCOCCOCCCC(C)(C)C. The molecule has 0 aliphatic carbocycles. The molecule has 0 amide bonds. The van der Waals surface area contributed by atoms with Crippen molar-refractivity contribution >= 4 is 0 Å². The molecule has 0 fully saturated rings. The van der Waals surface area contributed by atoms with Crippen LogP contribution in [0.2, 0.25) is 0 Å². The number of hydrogen-bond acceptors (Lipinski definition) is 3. The van der Waals surface area contributed by atoms with Crippen molar-refractivity contribution in [1.82, 2.24) is 4.90 Å². The van der Waals surface area contributed by atoms with Gasteiger partial charge in [0.2, 0.25) is 0 Å². The summed E-state index contributed by atoms with van der Waals surface area (Å²) >= 11 is 0. The molecule has 0 N–H and O–H groups in total. The highest BCUT2D eigenvalue weighted by atomic mass is 16.5. The largest absolute Gasteiger partial charge is 0.379 e. The summed E-state index contributed by atoms with van der Waals surface area (Å²) in [6, 6.07) is 0. The molecule has 0 unspecified atom stereocenters. The zero-order valence-corrected chi connectivity index (χ0v) is 13.1. The molecule has 0 aliphatic rings. The number of hydrogen-bond donors (Lipinski definition) is 0. The molecule has 110 valence electrons. The molecular formula is C15H33NO2. The molecule has 0 radical (unpaired) electrons. The second-order valence-corrected chi connectivity index (χ2v) is 6.19. The van der Waals surface area contributed by atoms with Crippen LogP contribution in [0.3, 0.4) is 0 Å². The molecule has 18 heavy (non-hydrogen) atoms. The Morgan fingerprint density at radius 3 is 2.06 bits per heavy atom. The van der Waals surface area contributed by atoms with E-state index in [-0.39, 0.29) is 0 Å². The molecule has 0 rings (SSSR count). The van der Waals surface area contributed by atoms with Crippen LogP contribution in [0.5, 0.6) is 0 Å². The summed E-state index contributed by atoms with van der Waals surface area (Å²) in [4.78, 5) is 2.30. The molecule has 0 spiro atoms. The highest BCUT2D eigenvalue weighted by Gasteiger charge is 2.08. The molecule has 3 heteroatoms. The normalized spacial score (nSPS) is 12.3. The zero-order valence-electron chi connectivity index (χ0n) is 13.1. The van der Waals surface area contributed by atoms with Crippen molar-refractivity contribution in [3.8, 4) is 0 Å². The van der Waals surface area contributed by atoms with E-state index in [1.54, 1.807) is 0 Å². The Morgan fingerprint density at radius 2 is 1.50 bits per heavy atom. The Morgan fingerprint density at radius 1 is 0.889 bits per heavy atom. The molecule has 0 aliphatic heterocycles. The number of rotatable bonds is 11. The summed E-state index contributed by atoms with van der Waals surface area (Å²) in [7, 11) is 2.13. The summed E-state index contributed by atoms with van der Waals surface area (Å²) in [5.41, 5.74) is 0.420. The van der Waals surface area contributed by atoms with Crippen molar-refractivity contribution in [2.75, 3.05) is 46.6 Å². The third-order valence-electron chi connectivity index (χ3n) is 2.81. The van der Waals surface area contributed by atoms with Crippen LogP contribution in [-0.2, 0) is 9.47 Å². The highest BCUT2D eigenvalue weighted by molar-refractivity contribution is 4.60. The van der Waals surface area contributed by atoms with E-state index in [1.807, 2.05) is 0 Å². The lowest BCUT2D eigenvalue weighted by atomic mass is 9.91. The predicted octanol–water partition coefficient (Wildman–Crippen LogP) is 3.19. The summed E-state index contributed by atoms with van der Waals surface area (Å²) < 4.78 is 11.1. The first-order valence-corrected chi connectivity index (χ1v) is 7.30. The monoisotopic (exact) mass is 259 g/mol. The second kappa shape index (κ2) is 10.8. The maximum atomic E-state index is 5.54. The molecule has 0 aromatic rings. The van der Waals surface area contributed by atoms with Crippen molar-refractivity contribution in [3.63, 3.8) is 0 Å². The molecule has 0 aromatic carbocycles. The van der Waals surface area contributed by atoms with Crippen molar-refractivity contribution in [1.29, 1.82) is 0 Å². The van der Waals surface area contributed by atoms with Gasteiger partial charge < -0.3 is 14.4 Å². The van der Waals surface area contributed by atoms with Gasteiger partial charge in [0.1, 0.15) is 0 Å². The first-order chi connectivity index (χ1) is 8.45. The average molecular weight is 259 g/mol. The third-order valence-corrected chi connectivity index (χ3v) is 2.81. The lowest BCUT2D eigenvalue weighted by Crippen LogP contribution is -2.24. The van der Waals surface area contributed by atoms with E-state index in [9.17, 15) is 0 Å². The summed E-state index contributed by atoms with van der Waals surface area (Å²) in [6.45, 7) is 14.3. The maximum absolute atomic E-state index is 5.54. The minimum atomic E-state index is 0.420. The summed E-state index contributed by atoms with van der Waals surface area (Å²) in [5, 5.41) is 0. The third kappa shape index (κ3) is 13.9. The predicted molar refractivity (Wildman–Crippen MR) is 78.1 cm³/mol. The fraction of sp³-hybridized carbons (Fsp3) is 1.00. The lowest BCUT2D eigenvalue weighted by Gasteiger charge is -2.17. The van der Waals surface area contributed by atoms with Crippen LogP contribution in [0.4, 0.5) is 0 Å². The van der Waals surface area contributed by atoms with Crippen LogP contribution in [0, 0.1) is 5.41 Å². The van der Waals surface area contributed by atoms with E-state index in [0.29, 0.717) is 5.41 Å². The molecule has 0 saturated carbocycles. The number of likely N-dealkylation sites (N-methyl/N-ethyl adjacent to an activating group) is 1. The topological polar surface area (TPSA) is 21.7 Å². The smallest absolute Gasteiger partial charge is 0.0701 e. The quantitative estimate of drug-likeness (QED) is 0.532. The van der Waals surface area contributed by atoms with Crippen molar-refractivity contribution < 1.29 is 9.47 Å². The maximum Gasteiger partial charge on any atom is 0.0701 e. The fourth-order valence-electron chi connectivity index (χ4n) is 1.74. The summed E-state index contributed by atoms with van der Waals surface area (Å²) in [6.07, 6.45) is 3.56. The van der Waals surface area contributed by atoms with Gasteiger partial charge in [-0.1, -0.05) is 27.7 Å².